The van der Waals surface area contributed by atoms with Gasteiger partial charge in [-0.15, -0.1) is 0 Å². The van der Waals surface area contributed by atoms with E-state index in [1.807, 2.05) is 12.1 Å². The number of hydrogen-bond donors (Lipinski definition) is 1. The van der Waals surface area contributed by atoms with Crippen molar-refractivity contribution in [1.82, 2.24) is 5.32 Å². The first kappa shape index (κ1) is 22.1. The Labute approximate surface area is 191 Å². The highest BCUT2D eigenvalue weighted by molar-refractivity contribution is 6.42. The molecule has 2 aliphatic heterocycles. The lowest BCUT2D eigenvalue weighted by Gasteiger charge is -2.38. The van der Waals surface area contributed by atoms with E-state index in [2.05, 4.69) is 11.4 Å². The molecule has 166 valence electrons. The second-order valence-corrected chi connectivity index (χ2v) is 8.53. The minimum Gasteiger partial charge on any atom is -0.492 e. The van der Waals surface area contributed by atoms with Gasteiger partial charge in [0.2, 0.25) is 12.7 Å². The van der Waals surface area contributed by atoms with Crippen molar-refractivity contribution in [2.45, 2.75) is 31.1 Å². The average Bonchev–Trinajstić information content (AvgIpc) is 3.27. The summed E-state index contributed by atoms with van der Waals surface area (Å²) in [6.07, 6.45) is 2.62. The summed E-state index contributed by atoms with van der Waals surface area (Å²) >= 11 is 12.1. The predicted octanol–water partition coefficient (Wildman–Crippen LogP) is 4.75. The normalized spacial score (nSPS) is 16.7. The number of fused-ring (bicyclic) bond motifs is 1. The maximum absolute atomic E-state index is 12.5. The van der Waals surface area contributed by atoms with Crippen molar-refractivity contribution in [3.63, 3.8) is 0 Å². The topological polar surface area (TPSA) is 66.0 Å². The number of carbonyl (C=O) groups is 1. The summed E-state index contributed by atoms with van der Waals surface area (Å²) in [5.41, 5.74) is 0.957. The van der Waals surface area contributed by atoms with E-state index in [9.17, 15) is 4.79 Å². The Morgan fingerprint density at radius 2 is 1.90 bits per heavy atom. The van der Waals surface area contributed by atoms with Crippen molar-refractivity contribution >= 4 is 29.1 Å². The van der Waals surface area contributed by atoms with Crippen LogP contribution in [-0.4, -0.2) is 39.1 Å². The Morgan fingerprint density at radius 1 is 1.10 bits per heavy atom. The van der Waals surface area contributed by atoms with E-state index in [1.165, 1.54) is 0 Å². The molecule has 0 saturated carbocycles. The predicted molar refractivity (Wildman–Crippen MR) is 118 cm³/mol. The molecule has 6 nitrogen and oxygen atoms in total. The van der Waals surface area contributed by atoms with Crippen molar-refractivity contribution in [3.05, 3.63) is 52.0 Å². The molecule has 0 aromatic heterocycles. The highest BCUT2D eigenvalue weighted by atomic mass is 35.5. The third-order valence-corrected chi connectivity index (χ3v) is 6.58. The third-order valence-electron chi connectivity index (χ3n) is 5.78. The van der Waals surface area contributed by atoms with E-state index < -0.39 is 0 Å². The van der Waals surface area contributed by atoms with Crippen LogP contribution < -0.4 is 19.5 Å². The average molecular weight is 466 g/mol. The Balaban J connectivity index is 1.30. The maximum Gasteiger partial charge on any atom is 0.231 e. The van der Waals surface area contributed by atoms with Crippen LogP contribution in [0.25, 0.3) is 0 Å². The maximum atomic E-state index is 12.5. The molecule has 1 saturated heterocycles. The zero-order valence-electron chi connectivity index (χ0n) is 17.1. The van der Waals surface area contributed by atoms with E-state index in [1.54, 1.807) is 18.2 Å². The first-order valence-electron chi connectivity index (χ1n) is 10.4. The van der Waals surface area contributed by atoms with Gasteiger partial charge in [0.05, 0.1) is 11.6 Å². The third kappa shape index (κ3) is 5.20. The minimum absolute atomic E-state index is 0.00704. The Morgan fingerprint density at radius 3 is 2.74 bits per heavy atom. The Hall–Kier alpha value is -2.15. The molecule has 2 heterocycles. The van der Waals surface area contributed by atoms with Gasteiger partial charge in [-0.3, -0.25) is 4.79 Å². The molecule has 2 aromatic rings. The quantitative estimate of drug-likeness (QED) is 0.569. The Bertz CT molecular complexity index is 930. The summed E-state index contributed by atoms with van der Waals surface area (Å²) in [5, 5.41) is 3.94. The summed E-state index contributed by atoms with van der Waals surface area (Å²) in [6.45, 7) is 2.51. The van der Waals surface area contributed by atoms with E-state index in [4.69, 9.17) is 42.1 Å². The van der Waals surface area contributed by atoms with Gasteiger partial charge >= 0.3 is 0 Å². The van der Waals surface area contributed by atoms with Gasteiger partial charge in [0.1, 0.15) is 10.8 Å². The zero-order valence-corrected chi connectivity index (χ0v) is 18.6. The lowest BCUT2D eigenvalue weighted by Crippen LogP contribution is -2.44. The van der Waals surface area contributed by atoms with Crippen molar-refractivity contribution < 1.29 is 23.7 Å². The Kier molecular flexibility index (Phi) is 7.10. The molecule has 0 bridgehead atoms. The lowest BCUT2D eigenvalue weighted by molar-refractivity contribution is -0.121. The number of rotatable bonds is 8. The smallest absolute Gasteiger partial charge is 0.231 e. The van der Waals surface area contributed by atoms with Crippen LogP contribution in [0.15, 0.2) is 36.4 Å². The molecule has 2 aliphatic rings. The molecule has 0 radical (unpaired) electrons. The molecule has 1 fully saturated rings. The van der Waals surface area contributed by atoms with Crippen LogP contribution in [-0.2, 0) is 14.9 Å². The van der Waals surface area contributed by atoms with Crippen molar-refractivity contribution in [1.29, 1.82) is 0 Å². The molecule has 4 rings (SSSR count). The highest BCUT2D eigenvalue weighted by Crippen LogP contribution is 2.40. The molecule has 31 heavy (non-hydrogen) atoms. The van der Waals surface area contributed by atoms with Crippen molar-refractivity contribution in [2.24, 2.45) is 0 Å². The van der Waals surface area contributed by atoms with Gasteiger partial charge in [0.25, 0.3) is 0 Å². The molecular formula is C23H25Cl2NO5. The second kappa shape index (κ2) is 9.98. The van der Waals surface area contributed by atoms with Gasteiger partial charge in [-0.1, -0.05) is 35.3 Å². The number of amides is 1. The highest BCUT2D eigenvalue weighted by Gasteiger charge is 2.36. The zero-order chi connectivity index (χ0) is 21.7. The number of benzene rings is 2. The summed E-state index contributed by atoms with van der Waals surface area (Å²) in [7, 11) is 0. The summed E-state index contributed by atoms with van der Waals surface area (Å²) in [5.74, 6) is 2.03. The summed E-state index contributed by atoms with van der Waals surface area (Å²) in [4.78, 5) is 12.5. The first-order chi connectivity index (χ1) is 15.1. The fraction of sp³-hybridized carbons (Fsp3) is 0.435. The molecule has 1 N–H and O–H groups in total. The van der Waals surface area contributed by atoms with Crippen LogP contribution in [0.4, 0.5) is 0 Å². The van der Waals surface area contributed by atoms with Crippen molar-refractivity contribution in [2.75, 3.05) is 33.2 Å². The monoisotopic (exact) mass is 465 g/mol. The fourth-order valence-corrected chi connectivity index (χ4v) is 4.27. The molecule has 8 heteroatoms. The SMILES string of the molecule is O=C(CCCOc1cccc(Cl)c1Cl)NCC1(c2ccc3c(c2)OCO3)CCOCC1. The fourth-order valence-electron chi connectivity index (χ4n) is 3.92. The van der Waals surface area contributed by atoms with Crippen LogP contribution in [0.2, 0.25) is 10.0 Å². The first-order valence-corrected chi connectivity index (χ1v) is 11.1. The summed E-state index contributed by atoms with van der Waals surface area (Å²) in [6, 6.07) is 11.3. The molecule has 0 aliphatic carbocycles. The van der Waals surface area contributed by atoms with E-state index >= 15 is 0 Å². The number of carbonyl (C=O) groups excluding carboxylic acids is 1. The molecule has 1 amide bonds. The summed E-state index contributed by atoms with van der Waals surface area (Å²) < 4.78 is 22.2. The molecule has 0 spiro atoms. The standard InChI is InChI=1S/C23H25Cl2NO5/c24-17-3-1-4-19(22(17)25)29-10-2-5-21(27)26-14-23(8-11-28-12-9-23)16-6-7-18-20(13-16)31-15-30-18/h1,3-4,6-7,13H,2,5,8-12,14-15H2,(H,26,27). The molecule has 0 unspecified atom stereocenters. The van der Waals surface area contributed by atoms with Gasteiger partial charge in [0, 0.05) is 31.6 Å². The van der Waals surface area contributed by atoms with Crippen LogP contribution in [0.5, 0.6) is 17.2 Å². The van der Waals surface area contributed by atoms with E-state index in [-0.39, 0.29) is 18.1 Å². The second-order valence-electron chi connectivity index (χ2n) is 7.74. The molecule has 0 atom stereocenters. The molecular weight excluding hydrogens is 441 g/mol. The van der Waals surface area contributed by atoms with E-state index in [0.29, 0.717) is 55.0 Å². The van der Waals surface area contributed by atoms with Gasteiger partial charge in [-0.25, -0.2) is 0 Å². The van der Waals surface area contributed by atoms with Crippen LogP contribution in [0.1, 0.15) is 31.2 Å². The number of halogens is 2. The number of hydrogen-bond acceptors (Lipinski definition) is 5. The van der Waals surface area contributed by atoms with Gasteiger partial charge in [0.15, 0.2) is 11.5 Å². The van der Waals surface area contributed by atoms with Gasteiger partial charge in [-0.2, -0.15) is 0 Å². The lowest BCUT2D eigenvalue weighted by atomic mass is 9.74. The van der Waals surface area contributed by atoms with Crippen LogP contribution in [0, 0.1) is 0 Å². The van der Waals surface area contributed by atoms with E-state index in [0.717, 1.165) is 29.9 Å². The number of ether oxygens (including phenoxy) is 4. The van der Waals surface area contributed by atoms with Gasteiger partial charge in [-0.05, 0) is 49.1 Å². The number of nitrogens with one attached hydrogen (secondary N) is 1. The van der Waals surface area contributed by atoms with Crippen molar-refractivity contribution in [3.8, 4) is 17.2 Å². The van der Waals surface area contributed by atoms with Gasteiger partial charge < -0.3 is 24.3 Å². The van der Waals surface area contributed by atoms with Crippen LogP contribution >= 0.6 is 23.2 Å². The van der Waals surface area contributed by atoms with Crippen LogP contribution in [0.3, 0.4) is 0 Å². The largest absolute Gasteiger partial charge is 0.492 e. The molecule has 2 aromatic carbocycles. The minimum atomic E-state index is -0.181.